The van der Waals surface area contributed by atoms with Crippen molar-refractivity contribution in [3.8, 4) is 5.88 Å². The molecule has 0 aromatic carbocycles. The fourth-order valence-electron chi connectivity index (χ4n) is 1.42. The summed E-state index contributed by atoms with van der Waals surface area (Å²) < 4.78 is 5.38. The van der Waals surface area contributed by atoms with Gasteiger partial charge in [-0.05, 0) is 25.7 Å². The van der Waals surface area contributed by atoms with Gasteiger partial charge in [0.1, 0.15) is 11.6 Å². The van der Waals surface area contributed by atoms with Crippen molar-refractivity contribution in [3.63, 3.8) is 0 Å². The second-order valence-electron chi connectivity index (χ2n) is 5.31. The number of ether oxygens (including phenoxy) is 1. The SMILES string of the molecule is CCOc1cc(NCCC(C)(C)C)nc(C)n1. The minimum absolute atomic E-state index is 0.331. The van der Waals surface area contributed by atoms with E-state index in [1.807, 2.05) is 19.9 Å². The maximum atomic E-state index is 5.38. The van der Waals surface area contributed by atoms with Crippen LogP contribution in [0.2, 0.25) is 0 Å². The molecule has 17 heavy (non-hydrogen) atoms. The fourth-order valence-corrected chi connectivity index (χ4v) is 1.42. The van der Waals surface area contributed by atoms with E-state index in [0.29, 0.717) is 17.9 Å². The monoisotopic (exact) mass is 237 g/mol. The number of hydrogen-bond acceptors (Lipinski definition) is 4. The maximum Gasteiger partial charge on any atom is 0.218 e. The Kier molecular flexibility index (Phi) is 4.73. The first kappa shape index (κ1) is 13.7. The fraction of sp³-hybridized carbons (Fsp3) is 0.692. The molecule has 0 saturated heterocycles. The van der Waals surface area contributed by atoms with Gasteiger partial charge in [0.05, 0.1) is 6.61 Å². The Bertz CT molecular complexity index is 358. The molecule has 1 aromatic rings. The number of rotatable bonds is 5. The number of aromatic nitrogens is 2. The Morgan fingerprint density at radius 3 is 2.59 bits per heavy atom. The minimum Gasteiger partial charge on any atom is -0.478 e. The van der Waals surface area contributed by atoms with Gasteiger partial charge in [0.15, 0.2) is 0 Å². The lowest BCUT2D eigenvalue weighted by molar-refractivity contribution is 0.325. The molecule has 4 heteroatoms. The topological polar surface area (TPSA) is 47.0 Å². The zero-order valence-corrected chi connectivity index (χ0v) is 11.5. The van der Waals surface area contributed by atoms with Crippen LogP contribution in [0.5, 0.6) is 5.88 Å². The van der Waals surface area contributed by atoms with Crippen molar-refractivity contribution in [2.75, 3.05) is 18.5 Å². The normalized spacial score (nSPS) is 11.4. The molecule has 0 unspecified atom stereocenters. The van der Waals surface area contributed by atoms with Gasteiger partial charge in [-0.25, -0.2) is 4.98 Å². The lowest BCUT2D eigenvalue weighted by Gasteiger charge is -2.18. The van der Waals surface area contributed by atoms with E-state index in [4.69, 9.17) is 4.74 Å². The van der Waals surface area contributed by atoms with Crippen molar-refractivity contribution in [3.05, 3.63) is 11.9 Å². The highest BCUT2D eigenvalue weighted by Crippen LogP contribution is 2.19. The highest BCUT2D eigenvalue weighted by molar-refractivity contribution is 5.38. The Labute approximate surface area is 104 Å². The Balaban J connectivity index is 2.58. The molecule has 0 amide bonds. The van der Waals surface area contributed by atoms with Crippen LogP contribution in [-0.4, -0.2) is 23.1 Å². The van der Waals surface area contributed by atoms with Crippen LogP contribution >= 0.6 is 0 Å². The van der Waals surface area contributed by atoms with Crippen LogP contribution in [0.1, 0.15) is 39.9 Å². The second-order valence-corrected chi connectivity index (χ2v) is 5.31. The van der Waals surface area contributed by atoms with E-state index >= 15 is 0 Å². The van der Waals surface area contributed by atoms with E-state index in [2.05, 4.69) is 36.1 Å². The molecule has 0 atom stereocenters. The summed E-state index contributed by atoms with van der Waals surface area (Å²) >= 11 is 0. The molecule has 0 aliphatic heterocycles. The summed E-state index contributed by atoms with van der Waals surface area (Å²) in [6.45, 7) is 12.0. The molecule has 0 bridgehead atoms. The molecule has 0 aliphatic rings. The minimum atomic E-state index is 0.331. The molecule has 0 saturated carbocycles. The summed E-state index contributed by atoms with van der Waals surface area (Å²) in [6.07, 6.45) is 1.10. The summed E-state index contributed by atoms with van der Waals surface area (Å²) in [5.41, 5.74) is 0.331. The molecule has 1 rings (SSSR count). The lowest BCUT2D eigenvalue weighted by Crippen LogP contribution is -2.14. The average Bonchev–Trinajstić information content (AvgIpc) is 2.15. The Morgan fingerprint density at radius 2 is 2.00 bits per heavy atom. The van der Waals surface area contributed by atoms with Gasteiger partial charge >= 0.3 is 0 Å². The lowest BCUT2D eigenvalue weighted by atomic mass is 9.92. The summed E-state index contributed by atoms with van der Waals surface area (Å²) in [5, 5.41) is 3.31. The highest BCUT2D eigenvalue weighted by Gasteiger charge is 2.09. The average molecular weight is 237 g/mol. The van der Waals surface area contributed by atoms with E-state index in [1.165, 1.54) is 0 Å². The molecule has 96 valence electrons. The Morgan fingerprint density at radius 1 is 1.29 bits per heavy atom. The quantitative estimate of drug-likeness (QED) is 0.855. The predicted molar refractivity (Wildman–Crippen MR) is 70.5 cm³/mol. The van der Waals surface area contributed by atoms with Gasteiger partial charge in [0, 0.05) is 12.6 Å². The number of nitrogens with zero attached hydrogens (tertiary/aromatic N) is 2. The van der Waals surface area contributed by atoms with Crippen LogP contribution in [0, 0.1) is 12.3 Å². The van der Waals surface area contributed by atoms with Crippen molar-refractivity contribution in [2.24, 2.45) is 5.41 Å². The van der Waals surface area contributed by atoms with Gasteiger partial charge in [0.2, 0.25) is 5.88 Å². The predicted octanol–water partition coefficient (Wildman–Crippen LogP) is 3.03. The van der Waals surface area contributed by atoms with Crippen LogP contribution in [0.3, 0.4) is 0 Å². The second kappa shape index (κ2) is 5.84. The third-order valence-corrected chi connectivity index (χ3v) is 2.29. The molecule has 0 fully saturated rings. The summed E-state index contributed by atoms with van der Waals surface area (Å²) in [7, 11) is 0. The molecular weight excluding hydrogens is 214 g/mol. The van der Waals surface area contributed by atoms with Crippen LogP contribution < -0.4 is 10.1 Å². The van der Waals surface area contributed by atoms with Gasteiger partial charge in [0.25, 0.3) is 0 Å². The zero-order valence-electron chi connectivity index (χ0n) is 11.5. The van der Waals surface area contributed by atoms with Crippen molar-refractivity contribution in [1.82, 2.24) is 9.97 Å². The largest absolute Gasteiger partial charge is 0.478 e. The van der Waals surface area contributed by atoms with Crippen molar-refractivity contribution >= 4 is 5.82 Å². The first-order chi connectivity index (χ1) is 7.90. The standard InChI is InChI=1S/C13H23N3O/c1-6-17-12-9-11(15-10(2)16-12)14-8-7-13(3,4)5/h9H,6-8H2,1-5H3,(H,14,15,16). The molecule has 1 aromatic heterocycles. The van der Waals surface area contributed by atoms with Gasteiger partial charge in [-0.3, -0.25) is 0 Å². The first-order valence-corrected chi connectivity index (χ1v) is 6.13. The van der Waals surface area contributed by atoms with Crippen LogP contribution in [-0.2, 0) is 0 Å². The van der Waals surface area contributed by atoms with E-state index in [9.17, 15) is 0 Å². The molecule has 0 aliphatic carbocycles. The van der Waals surface area contributed by atoms with Crippen LogP contribution in [0.25, 0.3) is 0 Å². The van der Waals surface area contributed by atoms with Gasteiger partial charge in [-0.2, -0.15) is 4.98 Å². The number of hydrogen-bond donors (Lipinski definition) is 1. The number of anilines is 1. The smallest absolute Gasteiger partial charge is 0.218 e. The highest BCUT2D eigenvalue weighted by atomic mass is 16.5. The number of aryl methyl sites for hydroxylation is 1. The first-order valence-electron chi connectivity index (χ1n) is 6.13. The van der Waals surface area contributed by atoms with Crippen LogP contribution in [0.15, 0.2) is 6.07 Å². The van der Waals surface area contributed by atoms with Crippen molar-refractivity contribution < 1.29 is 4.74 Å². The maximum absolute atomic E-state index is 5.38. The molecular formula is C13H23N3O. The third kappa shape index (κ3) is 5.52. The Hall–Kier alpha value is -1.32. The van der Waals surface area contributed by atoms with E-state index in [-0.39, 0.29) is 0 Å². The molecule has 4 nitrogen and oxygen atoms in total. The van der Waals surface area contributed by atoms with Crippen molar-refractivity contribution in [1.29, 1.82) is 0 Å². The summed E-state index contributed by atoms with van der Waals surface area (Å²) in [5.74, 6) is 2.21. The summed E-state index contributed by atoms with van der Waals surface area (Å²) in [6, 6.07) is 1.85. The van der Waals surface area contributed by atoms with E-state index < -0.39 is 0 Å². The van der Waals surface area contributed by atoms with E-state index in [0.717, 1.165) is 24.6 Å². The van der Waals surface area contributed by atoms with E-state index in [1.54, 1.807) is 0 Å². The van der Waals surface area contributed by atoms with Gasteiger partial charge < -0.3 is 10.1 Å². The molecule has 1 heterocycles. The molecule has 0 spiro atoms. The number of nitrogens with one attached hydrogen (secondary N) is 1. The zero-order chi connectivity index (χ0) is 12.9. The summed E-state index contributed by atoms with van der Waals surface area (Å²) in [4.78, 5) is 8.54. The van der Waals surface area contributed by atoms with Gasteiger partial charge in [-0.15, -0.1) is 0 Å². The van der Waals surface area contributed by atoms with Gasteiger partial charge in [-0.1, -0.05) is 20.8 Å². The molecule has 1 N–H and O–H groups in total. The van der Waals surface area contributed by atoms with Crippen molar-refractivity contribution in [2.45, 2.75) is 41.0 Å². The van der Waals surface area contributed by atoms with Crippen LogP contribution in [0.4, 0.5) is 5.82 Å². The molecule has 0 radical (unpaired) electrons. The third-order valence-electron chi connectivity index (χ3n) is 2.29.